The second-order valence-corrected chi connectivity index (χ2v) is 4.59. The van der Waals surface area contributed by atoms with Crippen LogP contribution in [0.2, 0.25) is 0 Å². The molecule has 1 rings (SSSR count). The summed E-state index contributed by atoms with van der Waals surface area (Å²) in [5, 5.41) is 13.8. The molecule has 1 aromatic carbocycles. The summed E-state index contributed by atoms with van der Waals surface area (Å²) in [6, 6.07) is 4.38. The number of anilines is 1. The maximum atomic E-state index is 10.9. The first-order valence-electron chi connectivity index (χ1n) is 5.35. The van der Waals surface area contributed by atoms with E-state index in [2.05, 4.69) is 11.9 Å². The van der Waals surface area contributed by atoms with Gasteiger partial charge in [-0.3, -0.25) is 14.9 Å². The van der Waals surface area contributed by atoms with Crippen molar-refractivity contribution in [2.45, 2.75) is 0 Å². The Morgan fingerprint density at radius 1 is 1.50 bits per heavy atom. The Bertz CT molecular complexity index is 449. The second kappa shape index (κ2) is 7.50. The number of carbonyl (C=O) groups excluding carboxylic acids is 1. The molecule has 6 heteroatoms. The summed E-state index contributed by atoms with van der Waals surface area (Å²) in [7, 11) is 0. The van der Waals surface area contributed by atoms with E-state index >= 15 is 0 Å². The Balaban J connectivity index is 2.66. The number of nitro groups is 1. The summed E-state index contributed by atoms with van der Waals surface area (Å²) in [5.74, 6) is 1.69. The smallest absolute Gasteiger partial charge is 0.293 e. The second-order valence-electron chi connectivity index (χ2n) is 3.44. The van der Waals surface area contributed by atoms with Crippen molar-refractivity contribution in [3.8, 4) is 0 Å². The van der Waals surface area contributed by atoms with Crippen LogP contribution in [0.15, 0.2) is 30.9 Å². The molecule has 0 aliphatic heterocycles. The van der Waals surface area contributed by atoms with Crippen molar-refractivity contribution in [1.82, 2.24) is 0 Å². The van der Waals surface area contributed by atoms with Gasteiger partial charge in [-0.2, -0.15) is 11.8 Å². The number of nitro benzene ring substituents is 1. The van der Waals surface area contributed by atoms with Crippen molar-refractivity contribution >= 4 is 29.4 Å². The number of aldehydes is 1. The van der Waals surface area contributed by atoms with E-state index in [9.17, 15) is 14.9 Å². The maximum Gasteiger partial charge on any atom is 0.293 e. The third-order valence-corrected chi connectivity index (χ3v) is 3.12. The summed E-state index contributed by atoms with van der Waals surface area (Å²) in [6.07, 6.45) is 2.41. The Morgan fingerprint density at radius 3 is 2.89 bits per heavy atom. The normalized spacial score (nSPS) is 9.78. The molecule has 96 valence electrons. The first kappa shape index (κ1) is 14.2. The molecule has 0 unspecified atom stereocenters. The van der Waals surface area contributed by atoms with Gasteiger partial charge >= 0.3 is 0 Å². The molecule has 18 heavy (non-hydrogen) atoms. The van der Waals surface area contributed by atoms with Crippen molar-refractivity contribution in [1.29, 1.82) is 0 Å². The van der Waals surface area contributed by atoms with Crippen molar-refractivity contribution in [3.05, 3.63) is 46.5 Å². The number of nitrogens with one attached hydrogen (secondary N) is 1. The van der Waals surface area contributed by atoms with Crippen molar-refractivity contribution in [3.63, 3.8) is 0 Å². The summed E-state index contributed by atoms with van der Waals surface area (Å²) < 4.78 is 0. The zero-order valence-electron chi connectivity index (χ0n) is 9.80. The molecular formula is C12H14N2O3S. The van der Waals surface area contributed by atoms with Gasteiger partial charge in [0.25, 0.3) is 5.69 Å². The molecule has 0 aliphatic carbocycles. The molecule has 1 aromatic rings. The Hall–Kier alpha value is -1.82. The minimum absolute atomic E-state index is 0.0756. The fraction of sp³-hybridized carbons (Fsp3) is 0.250. The van der Waals surface area contributed by atoms with Crippen LogP contribution in [0.1, 0.15) is 10.4 Å². The topological polar surface area (TPSA) is 72.2 Å². The molecule has 0 amide bonds. The van der Waals surface area contributed by atoms with E-state index in [0.717, 1.165) is 11.5 Å². The van der Waals surface area contributed by atoms with E-state index in [1.54, 1.807) is 23.9 Å². The molecule has 0 heterocycles. The molecule has 0 aliphatic rings. The number of benzene rings is 1. The summed E-state index contributed by atoms with van der Waals surface area (Å²) in [4.78, 5) is 20.9. The molecule has 0 bridgehead atoms. The van der Waals surface area contributed by atoms with Gasteiger partial charge in [0, 0.05) is 29.7 Å². The van der Waals surface area contributed by atoms with E-state index in [1.165, 1.54) is 6.07 Å². The monoisotopic (exact) mass is 266 g/mol. The lowest BCUT2D eigenvalue weighted by molar-refractivity contribution is -0.384. The van der Waals surface area contributed by atoms with Crippen molar-refractivity contribution in [2.75, 3.05) is 23.4 Å². The Kier molecular flexibility index (Phi) is 5.93. The van der Waals surface area contributed by atoms with Crippen LogP contribution in [0, 0.1) is 10.1 Å². The van der Waals surface area contributed by atoms with Crippen LogP contribution in [0.3, 0.4) is 0 Å². The lowest BCUT2D eigenvalue weighted by Crippen LogP contribution is -2.06. The fourth-order valence-electron chi connectivity index (χ4n) is 1.35. The molecule has 0 saturated carbocycles. The van der Waals surface area contributed by atoms with Gasteiger partial charge in [0.15, 0.2) is 0 Å². The number of thioether (sulfide) groups is 1. The molecule has 0 fully saturated rings. The maximum absolute atomic E-state index is 10.9. The van der Waals surface area contributed by atoms with E-state index < -0.39 is 4.92 Å². The zero-order valence-corrected chi connectivity index (χ0v) is 10.6. The highest BCUT2D eigenvalue weighted by Crippen LogP contribution is 2.24. The van der Waals surface area contributed by atoms with E-state index in [1.807, 2.05) is 6.08 Å². The Morgan fingerprint density at radius 2 is 2.28 bits per heavy atom. The quantitative estimate of drug-likeness (QED) is 0.257. The molecule has 1 N–H and O–H groups in total. The highest BCUT2D eigenvalue weighted by atomic mass is 32.2. The standard InChI is InChI=1S/C12H14N2O3S/c1-2-6-18-7-5-13-11-4-3-10(9-15)8-12(11)14(16)17/h2-4,8-9,13H,1,5-7H2. The molecule has 5 nitrogen and oxygen atoms in total. The van der Waals surface area contributed by atoms with Crippen LogP contribution in [0.5, 0.6) is 0 Å². The first-order valence-corrected chi connectivity index (χ1v) is 6.50. The van der Waals surface area contributed by atoms with Crippen LogP contribution in [0.25, 0.3) is 0 Å². The van der Waals surface area contributed by atoms with Gasteiger partial charge in [-0.25, -0.2) is 0 Å². The van der Waals surface area contributed by atoms with Gasteiger partial charge in [0.2, 0.25) is 0 Å². The third-order valence-electron chi connectivity index (χ3n) is 2.15. The van der Waals surface area contributed by atoms with Crippen LogP contribution >= 0.6 is 11.8 Å². The summed E-state index contributed by atoms with van der Waals surface area (Å²) in [5.41, 5.74) is 0.659. The minimum atomic E-state index is -0.494. The average molecular weight is 266 g/mol. The summed E-state index contributed by atoms with van der Waals surface area (Å²) in [6.45, 7) is 4.23. The number of hydrogen-bond acceptors (Lipinski definition) is 5. The number of carbonyl (C=O) groups is 1. The highest BCUT2D eigenvalue weighted by Gasteiger charge is 2.13. The zero-order chi connectivity index (χ0) is 13.4. The van der Waals surface area contributed by atoms with Crippen molar-refractivity contribution in [2.24, 2.45) is 0 Å². The van der Waals surface area contributed by atoms with Gasteiger partial charge in [0.05, 0.1) is 4.92 Å². The molecule has 0 atom stereocenters. The fourth-order valence-corrected chi connectivity index (χ4v) is 1.93. The number of hydrogen-bond donors (Lipinski definition) is 1. The van der Waals surface area contributed by atoms with Gasteiger partial charge < -0.3 is 5.32 Å². The van der Waals surface area contributed by atoms with Crippen molar-refractivity contribution < 1.29 is 9.72 Å². The van der Waals surface area contributed by atoms with Crippen LogP contribution in [-0.4, -0.2) is 29.3 Å². The van der Waals surface area contributed by atoms with Crippen LogP contribution in [-0.2, 0) is 0 Å². The van der Waals surface area contributed by atoms with Gasteiger partial charge in [0.1, 0.15) is 12.0 Å². The minimum Gasteiger partial charge on any atom is -0.379 e. The predicted molar refractivity (Wildman–Crippen MR) is 74.5 cm³/mol. The van der Waals surface area contributed by atoms with E-state index in [0.29, 0.717) is 24.1 Å². The number of nitrogens with zero attached hydrogens (tertiary/aromatic N) is 1. The molecular weight excluding hydrogens is 252 g/mol. The van der Waals surface area contributed by atoms with Crippen LogP contribution < -0.4 is 5.32 Å². The van der Waals surface area contributed by atoms with Crippen LogP contribution in [0.4, 0.5) is 11.4 Å². The molecule has 0 spiro atoms. The van der Waals surface area contributed by atoms with E-state index in [-0.39, 0.29) is 5.69 Å². The molecule has 0 saturated heterocycles. The number of rotatable bonds is 8. The lowest BCUT2D eigenvalue weighted by Gasteiger charge is -2.06. The van der Waals surface area contributed by atoms with Gasteiger partial charge in [-0.15, -0.1) is 6.58 Å². The first-order chi connectivity index (χ1) is 8.69. The molecule has 0 radical (unpaired) electrons. The Labute approximate surface area is 109 Å². The SMILES string of the molecule is C=CCSCCNc1ccc(C=O)cc1[N+](=O)[O-]. The molecule has 0 aromatic heterocycles. The lowest BCUT2D eigenvalue weighted by atomic mass is 10.2. The predicted octanol–water partition coefficient (Wildman–Crippen LogP) is 2.74. The third kappa shape index (κ3) is 4.21. The summed E-state index contributed by atoms with van der Waals surface area (Å²) >= 11 is 1.69. The van der Waals surface area contributed by atoms with Gasteiger partial charge in [-0.05, 0) is 12.1 Å². The largest absolute Gasteiger partial charge is 0.379 e. The average Bonchev–Trinajstić information content (AvgIpc) is 2.38. The van der Waals surface area contributed by atoms with Gasteiger partial charge in [-0.1, -0.05) is 6.08 Å². The highest BCUT2D eigenvalue weighted by molar-refractivity contribution is 7.99. The van der Waals surface area contributed by atoms with E-state index in [4.69, 9.17) is 0 Å².